The summed E-state index contributed by atoms with van der Waals surface area (Å²) in [4.78, 5) is 39.6. The number of hydrogen-bond acceptors (Lipinski definition) is 4. The molecule has 3 rings (SSSR count). The summed E-state index contributed by atoms with van der Waals surface area (Å²) in [5.74, 6) is -0.969. The van der Waals surface area contributed by atoms with Crippen LogP contribution in [0.15, 0.2) is 48.5 Å². The van der Waals surface area contributed by atoms with E-state index in [1.165, 1.54) is 12.1 Å². The standard InChI is InChI=1S/C21H22N2O5/c1-15-6-8-16(9-7-15)28-14-19(24)22-10-12-23(13-11-22)20(25)17-4-2-3-5-18(17)21(26)27/h2-9H,10-14H2,1H3,(H,26,27). The fraction of sp³-hybridized carbons (Fsp3) is 0.286. The lowest BCUT2D eigenvalue weighted by atomic mass is 10.1. The SMILES string of the molecule is Cc1ccc(OCC(=O)N2CCN(C(=O)c3ccccc3C(=O)O)CC2)cc1. The zero-order valence-electron chi connectivity index (χ0n) is 15.6. The van der Waals surface area contributed by atoms with Crippen molar-refractivity contribution in [3.63, 3.8) is 0 Å². The highest BCUT2D eigenvalue weighted by Gasteiger charge is 2.27. The van der Waals surface area contributed by atoms with Gasteiger partial charge in [0, 0.05) is 26.2 Å². The molecule has 0 radical (unpaired) electrons. The Bertz CT molecular complexity index is 871. The van der Waals surface area contributed by atoms with Gasteiger partial charge in [-0.05, 0) is 31.2 Å². The van der Waals surface area contributed by atoms with Crippen LogP contribution in [0, 0.1) is 6.92 Å². The van der Waals surface area contributed by atoms with E-state index in [-0.39, 0.29) is 29.5 Å². The summed E-state index contributed by atoms with van der Waals surface area (Å²) in [6.07, 6.45) is 0. The van der Waals surface area contributed by atoms with Gasteiger partial charge >= 0.3 is 5.97 Å². The summed E-state index contributed by atoms with van der Waals surface area (Å²) < 4.78 is 5.52. The summed E-state index contributed by atoms with van der Waals surface area (Å²) in [5, 5.41) is 9.26. The molecule has 0 aliphatic carbocycles. The van der Waals surface area contributed by atoms with Crippen molar-refractivity contribution in [1.29, 1.82) is 0 Å². The minimum atomic E-state index is -1.13. The first-order chi connectivity index (χ1) is 13.5. The monoisotopic (exact) mass is 382 g/mol. The first kappa shape index (κ1) is 19.4. The molecule has 2 aromatic carbocycles. The van der Waals surface area contributed by atoms with Gasteiger partial charge in [0.2, 0.25) is 0 Å². The fourth-order valence-corrected chi connectivity index (χ4v) is 3.06. The van der Waals surface area contributed by atoms with E-state index >= 15 is 0 Å². The maximum atomic E-state index is 12.7. The van der Waals surface area contributed by atoms with Crippen LogP contribution >= 0.6 is 0 Å². The van der Waals surface area contributed by atoms with E-state index in [1.807, 2.05) is 31.2 Å². The number of nitrogens with zero attached hydrogens (tertiary/aromatic N) is 2. The molecule has 7 nitrogen and oxygen atoms in total. The molecule has 146 valence electrons. The third-order valence-corrected chi connectivity index (χ3v) is 4.69. The molecule has 1 aliphatic rings. The van der Waals surface area contributed by atoms with Crippen LogP contribution in [-0.4, -0.2) is 65.5 Å². The van der Waals surface area contributed by atoms with Gasteiger partial charge in [0.1, 0.15) is 5.75 Å². The number of carbonyl (C=O) groups is 3. The van der Waals surface area contributed by atoms with E-state index in [4.69, 9.17) is 4.74 Å². The van der Waals surface area contributed by atoms with Crippen LogP contribution in [0.4, 0.5) is 0 Å². The van der Waals surface area contributed by atoms with Gasteiger partial charge in [-0.15, -0.1) is 0 Å². The molecule has 0 saturated carbocycles. The van der Waals surface area contributed by atoms with E-state index in [9.17, 15) is 19.5 Å². The number of aromatic carboxylic acids is 1. The molecule has 0 aromatic heterocycles. The van der Waals surface area contributed by atoms with Gasteiger partial charge in [0.25, 0.3) is 11.8 Å². The van der Waals surface area contributed by atoms with Crippen molar-refractivity contribution >= 4 is 17.8 Å². The third-order valence-electron chi connectivity index (χ3n) is 4.69. The number of rotatable bonds is 5. The number of ether oxygens (including phenoxy) is 1. The average Bonchev–Trinajstić information content (AvgIpc) is 2.72. The van der Waals surface area contributed by atoms with E-state index < -0.39 is 5.97 Å². The minimum Gasteiger partial charge on any atom is -0.484 e. The molecular weight excluding hydrogens is 360 g/mol. The minimum absolute atomic E-state index is 0.0162. The summed E-state index contributed by atoms with van der Waals surface area (Å²) in [7, 11) is 0. The summed E-state index contributed by atoms with van der Waals surface area (Å²) in [6, 6.07) is 13.6. The van der Waals surface area contributed by atoms with Crippen molar-refractivity contribution in [1.82, 2.24) is 9.80 Å². The Hall–Kier alpha value is -3.35. The topological polar surface area (TPSA) is 87.2 Å². The highest BCUT2D eigenvalue weighted by Crippen LogP contribution is 2.15. The van der Waals surface area contributed by atoms with Gasteiger partial charge in [-0.3, -0.25) is 9.59 Å². The van der Waals surface area contributed by atoms with Crippen molar-refractivity contribution in [2.45, 2.75) is 6.92 Å². The second kappa shape index (κ2) is 8.56. The number of benzene rings is 2. The lowest BCUT2D eigenvalue weighted by molar-refractivity contribution is -0.134. The molecule has 1 fully saturated rings. The molecule has 7 heteroatoms. The zero-order valence-corrected chi connectivity index (χ0v) is 15.6. The highest BCUT2D eigenvalue weighted by atomic mass is 16.5. The number of hydrogen-bond donors (Lipinski definition) is 1. The van der Waals surface area contributed by atoms with Crippen LogP contribution in [0.5, 0.6) is 5.75 Å². The molecule has 0 unspecified atom stereocenters. The molecule has 0 atom stereocenters. The molecule has 1 saturated heterocycles. The van der Waals surface area contributed by atoms with Crippen LogP contribution in [0.3, 0.4) is 0 Å². The van der Waals surface area contributed by atoms with Crippen LogP contribution in [0.1, 0.15) is 26.3 Å². The van der Waals surface area contributed by atoms with Crippen molar-refractivity contribution in [3.8, 4) is 5.75 Å². The number of amides is 2. The third kappa shape index (κ3) is 4.49. The molecule has 1 N–H and O–H groups in total. The van der Waals surface area contributed by atoms with E-state index in [0.29, 0.717) is 31.9 Å². The average molecular weight is 382 g/mol. The maximum Gasteiger partial charge on any atom is 0.336 e. The zero-order chi connectivity index (χ0) is 20.1. The van der Waals surface area contributed by atoms with Gasteiger partial charge in [0.15, 0.2) is 6.61 Å². The molecule has 2 amide bonds. The Morgan fingerprint density at radius 2 is 1.46 bits per heavy atom. The Kier molecular flexibility index (Phi) is 5.93. The second-order valence-electron chi connectivity index (χ2n) is 6.63. The number of carbonyl (C=O) groups excluding carboxylic acids is 2. The van der Waals surface area contributed by atoms with E-state index in [0.717, 1.165) is 5.56 Å². The molecule has 1 heterocycles. The second-order valence-corrected chi connectivity index (χ2v) is 6.63. The van der Waals surface area contributed by atoms with Crippen LogP contribution in [-0.2, 0) is 4.79 Å². The largest absolute Gasteiger partial charge is 0.484 e. The first-order valence-corrected chi connectivity index (χ1v) is 9.04. The van der Waals surface area contributed by atoms with Crippen molar-refractivity contribution in [3.05, 3.63) is 65.2 Å². The molecular formula is C21H22N2O5. The van der Waals surface area contributed by atoms with Crippen molar-refractivity contribution in [2.24, 2.45) is 0 Å². The number of carboxylic acids is 1. The van der Waals surface area contributed by atoms with Gasteiger partial charge in [-0.25, -0.2) is 4.79 Å². The molecule has 1 aliphatic heterocycles. The molecule has 0 bridgehead atoms. The molecule has 0 spiro atoms. The smallest absolute Gasteiger partial charge is 0.336 e. The molecule has 28 heavy (non-hydrogen) atoms. The predicted molar refractivity (Wildman–Crippen MR) is 103 cm³/mol. The summed E-state index contributed by atoms with van der Waals surface area (Å²) in [6.45, 7) is 3.39. The normalized spacial score (nSPS) is 13.9. The van der Waals surface area contributed by atoms with Crippen LogP contribution < -0.4 is 4.74 Å². The Morgan fingerprint density at radius 1 is 0.893 bits per heavy atom. The van der Waals surface area contributed by atoms with Gasteiger partial charge in [0.05, 0.1) is 11.1 Å². The lowest BCUT2D eigenvalue weighted by Gasteiger charge is -2.35. The van der Waals surface area contributed by atoms with Gasteiger partial charge in [-0.1, -0.05) is 29.8 Å². The number of carboxylic acid groups (broad SMARTS) is 1. The predicted octanol–water partition coefficient (Wildman–Crippen LogP) is 2.06. The Balaban J connectivity index is 1.54. The maximum absolute atomic E-state index is 12.7. The van der Waals surface area contributed by atoms with Crippen LogP contribution in [0.2, 0.25) is 0 Å². The number of aryl methyl sites for hydroxylation is 1. The van der Waals surface area contributed by atoms with E-state index in [1.54, 1.807) is 21.9 Å². The molecule has 2 aromatic rings. The van der Waals surface area contributed by atoms with Crippen molar-refractivity contribution < 1.29 is 24.2 Å². The van der Waals surface area contributed by atoms with Gasteiger partial charge in [-0.2, -0.15) is 0 Å². The Labute approximate surface area is 163 Å². The van der Waals surface area contributed by atoms with E-state index in [2.05, 4.69) is 0 Å². The van der Waals surface area contributed by atoms with Gasteiger partial charge < -0.3 is 19.6 Å². The quantitative estimate of drug-likeness (QED) is 0.855. The first-order valence-electron chi connectivity index (χ1n) is 9.04. The fourth-order valence-electron chi connectivity index (χ4n) is 3.06. The Morgan fingerprint density at radius 3 is 2.07 bits per heavy atom. The summed E-state index contributed by atoms with van der Waals surface area (Å²) in [5.41, 5.74) is 1.26. The summed E-state index contributed by atoms with van der Waals surface area (Å²) >= 11 is 0. The highest BCUT2D eigenvalue weighted by molar-refractivity contribution is 6.04. The lowest BCUT2D eigenvalue weighted by Crippen LogP contribution is -2.51. The van der Waals surface area contributed by atoms with Crippen molar-refractivity contribution in [2.75, 3.05) is 32.8 Å². The number of piperazine rings is 1. The van der Waals surface area contributed by atoms with Crippen LogP contribution in [0.25, 0.3) is 0 Å².